The third-order valence-electron chi connectivity index (χ3n) is 2.84. The highest BCUT2D eigenvalue weighted by Crippen LogP contribution is 2.29. The number of aromatic nitrogens is 2. The van der Waals surface area contributed by atoms with Gasteiger partial charge in [-0.1, -0.05) is 18.0 Å². The summed E-state index contributed by atoms with van der Waals surface area (Å²) in [6, 6.07) is 1.05. The summed E-state index contributed by atoms with van der Waals surface area (Å²) in [5.74, 6) is 0.689. The van der Waals surface area contributed by atoms with Crippen LogP contribution >= 0.6 is 11.8 Å². The van der Waals surface area contributed by atoms with E-state index >= 15 is 0 Å². The molecule has 1 fully saturated rings. The summed E-state index contributed by atoms with van der Waals surface area (Å²) in [7, 11) is 0. The maximum Gasteiger partial charge on any atom is 0.321 e. The van der Waals surface area contributed by atoms with Gasteiger partial charge in [-0.15, -0.1) is 0 Å². The van der Waals surface area contributed by atoms with E-state index in [1.807, 2.05) is 18.7 Å². The third kappa shape index (κ3) is 2.65. The molecule has 0 spiro atoms. The SMILES string of the molecule is CSC1CCCCC1Nc1nc(C)no1. The van der Waals surface area contributed by atoms with Crippen LogP contribution in [0.2, 0.25) is 0 Å². The highest BCUT2D eigenvalue weighted by molar-refractivity contribution is 7.99. The second kappa shape index (κ2) is 4.88. The molecule has 1 saturated carbocycles. The van der Waals surface area contributed by atoms with Gasteiger partial charge < -0.3 is 9.84 Å². The van der Waals surface area contributed by atoms with Gasteiger partial charge in [0.25, 0.3) is 0 Å². The number of nitrogens with one attached hydrogen (secondary N) is 1. The lowest BCUT2D eigenvalue weighted by Gasteiger charge is -2.30. The van der Waals surface area contributed by atoms with Crippen molar-refractivity contribution in [2.75, 3.05) is 11.6 Å². The first-order valence-corrected chi connectivity index (χ1v) is 6.68. The lowest BCUT2D eigenvalue weighted by molar-refractivity contribution is 0.407. The topological polar surface area (TPSA) is 51.0 Å². The molecule has 0 saturated heterocycles. The maximum atomic E-state index is 5.08. The van der Waals surface area contributed by atoms with Crippen LogP contribution in [0, 0.1) is 6.92 Å². The van der Waals surface area contributed by atoms with Gasteiger partial charge in [0.2, 0.25) is 0 Å². The molecule has 1 N–H and O–H groups in total. The second-order valence-electron chi connectivity index (χ2n) is 3.96. The maximum absolute atomic E-state index is 5.08. The number of rotatable bonds is 3. The smallest absolute Gasteiger partial charge is 0.321 e. The van der Waals surface area contributed by atoms with Crippen LogP contribution < -0.4 is 5.32 Å². The largest absolute Gasteiger partial charge is 0.334 e. The van der Waals surface area contributed by atoms with E-state index in [0.717, 1.165) is 0 Å². The zero-order valence-electron chi connectivity index (χ0n) is 9.19. The van der Waals surface area contributed by atoms with Gasteiger partial charge in [0.15, 0.2) is 5.82 Å². The van der Waals surface area contributed by atoms with Gasteiger partial charge in [0.05, 0.1) is 0 Å². The molecule has 2 rings (SSSR count). The van der Waals surface area contributed by atoms with Crippen LogP contribution in [-0.4, -0.2) is 27.7 Å². The quantitative estimate of drug-likeness (QED) is 0.859. The average Bonchev–Trinajstić information content (AvgIpc) is 2.65. The van der Waals surface area contributed by atoms with E-state index in [2.05, 4.69) is 21.7 Å². The summed E-state index contributed by atoms with van der Waals surface area (Å²) >= 11 is 1.93. The van der Waals surface area contributed by atoms with Crippen LogP contribution in [0.25, 0.3) is 0 Å². The first kappa shape index (κ1) is 10.8. The fourth-order valence-corrected chi connectivity index (χ4v) is 2.99. The first-order chi connectivity index (χ1) is 7.29. The number of anilines is 1. The Morgan fingerprint density at radius 3 is 2.87 bits per heavy atom. The molecule has 1 aromatic heterocycles. The van der Waals surface area contributed by atoms with Crippen LogP contribution in [-0.2, 0) is 0 Å². The summed E-state index contributed by atoms with van der Waals surface area (Å²) in [6.07, 6.45) is 7.29. The molecule has 0 radical (unpaired) electrons. The van der Waals surface area contributed by atoms with E-state index in [1.165, 1.54) is 25.7 Å². The van der Waals surface area contributed by atoms with Crippen LogP contribution in [0.3, 0.4) is 0 Å². The van der Waals surface area contributed by atoms with Crippen molar-refractivity contribution in [3.8, 4) is 0 Å². The monoisotopic (exact) mass is 227 g/mol. The molecule has 15 heavy (non-hydrogen) atoms. The fourth-order valence-electron chi connectivity index (χ4n) is 2.06. The van der Waals surface area contributed by atoms with Crippen LogP contribution in [0.15, 0.2) is 4.52 Å². The highest BCUT2D eigenvalue weighted by atomic mass is 32.2. The Hall–Kier alpha value is -0.710. The van der Waals surface area contributed by atoms with Gasteiger partial charge in [-0.25, -0.2) is 0 Å². The van der Waals surface area contributed by atoms with Crippen molar-refractivity contribution in [1.29, 1.82) is 0 Å². The van der Waals surface area contributed by atoms with Crippen molar-refractivity contribution in [2.45, 2.75) is 43.9 Å². The van der Waals surface area contributed by atoms with E-state index in [9.17, 15) is 0 Å². The number of hydrogen-bond donors (Lipinski definition) is 1. The lowest BCUT2D eigenvalue weighted by atomic mass is 9.95. The second-order valence-corrected chi connectivity index (χ2v) is 5.03. The van der Waals surface area contributed by atoms with Gasteiger partial charge in [-0.3, -0.25) is 0 Å². The number of thioether (sulfide) groups is 1. The molecule has 5 heteroatoms. The fraction of sp³-hybridized carbons (Fsp3) is 0.800. The van der Waals surface area contributed by atoms with Crippen molar-refractivity contribution in [1.82, 2.24) is 10.1 Å². The van der Waals surface area contributed by atoms with Crippen molar-refractivity contribution < 1.29 is 4.52 Å². The Labute approximate surface area is 94.2 Å². The first-order valence-electron chi connectivity index (χ1n) is 5.39. The zero-order valence-corrected chi connectivity index (χ0v) is 10.0. The number of nitrogens with zero attached hydrogens (tertiary/aromatic N) is 2. The molecule has 1 aliphatic carbocycles. The van der Waals surface area contributed by atoms with Crippen molar-refractivity contribution >= 4 is 17.8 Å². The molecular weight excluding hydrogens is 210 g/mol. The normalized spacial score (nSPS) is 26.5. The predicted octanol–water partition coefficient (Wildman–Crippen LogP) is 2.46. The van der Waals surface area contributed by atoms with E-state index in [1.54, 1.807) is 0 Å². The minimum absolute atomic E-state index is 0.480. The molecule has 2 atom stereocenters. The van der Waals surface area contributed by atoms with Gasteiger partial charge in [0, 0.05) is 11.3 Å². The van der Waals surface area contributed by atoms with Gasteiger partial charge in [0.1, 0.15) is 0 Å². The Morgan fingerprint density at radius 1 is 1.40 bits per heavy atom. The van der Waals surface area contributed by atoms with Crippen molar-refractivity contribution in [2.24, 2.45) is 0 Å². The zero-order chi connectivity index (χ0) is 10.7. The molecule has 1 aliphatic rings. The summed E-state index contributed by atoms with van der Waals surface area (Å²) in [4.78, 5) is 4.18. The van der Waals surface area contributed by atoms with Crippen molar-refractivity contribution in [3.05, 3.63) is 5.82 Å². The van der Waals surface area contributed by atoms with Crippen LogP contribution in [0.4, 0.5) is 6.01 Å². The minimum atomic E-state index is 0.480. The molecule has 0 amide bonds. The molecular formula is C10H17N3OS. The molecule has 84 valence electrons. The molecule has 0 aromatic carbocycles. The number of aryl methyl sites for hydroxylation is 1. The Kier molecular flexibility index (Phi) is 3.51. The number of hydrogen-bond acceptors (Lipinski definition) is 5. The van der Waals surface area contributed by atoms with Crippen molar-refractivity contribution in [3.63, 3.8) is 0 Å². The Bertz CT molecular complexity index is 315. The van der Waals surface area contributed by atoms with E-state index in [0.29, 0.717) is 23.1 Å². The lowest BCUT2D eigenvalue weighted by Crippen LogP contribution is -2.34. The summed E-state index contributed by atoms with van der Waals surface area (Å²) in [5.41, 5.74) is 0. The van der Waals surface area contributed by atoms with Crippen LogP contribution in [0.5, 0.6) is 0 Å². The van der Waals surface area contributed by atoms with Gasteiger partial charge >= 0.3 is 6.01 Å². The Balaban J connectivity index is 1.97. The third-order valence-corrected chi connectivity index (χ3v) is 4.01. The van der Waals surface area contributed by atoms with E-state index in [4.69, 9.17) is 4.52 Å². The summed E-state index contributed by atoms with van der Waals surface area (Å²) < 4.78 is 5.08. The van der Waals surface area contributed by atoms with E-state index < -0.39 is 0 Å². The molecule has 0 aliphatic heterocycles. The molecule has 2 unspecified atom stereocenters. The molecule has 4 nitrogen and oxygen atoms in total. The van der Waals surface area contributed by atoms with Crippen LogP contribution in [0.1, 0.15) is 31.5 Å². The highest BCUT2D eigenvalue weighted by Gasteiger charge is 2.25. The predicted molar refractivity (Wildman–Crippen MR) is 62.2 cm³/mol. The van der Waals surface area contributed by atoms with Gasteiger partial charge in [-0.05, 0) is 26.0 Å². The Morgan fingerprint density at radius 2 is 2.20 bits per heavy atom. The molecule has 1 heterocycles. The summed E-state index contributed by atoms with van der Waals surface area (Å²) in [6.45, 7) is 1.83. The molecule has 0 bridgehead atoms. The average molecular weight is 227 g/mol. The molecule has 1 aromatic rings. The van der Waals surface area contributed by atoms with Gasteiger partial charge in [-0.2, -0.15) is 16.7 Å². The van der Waals surface area contributed by atoms with E-state index in [-0.39, 0.29) is 0 Å². The standard InChI is InChI=1S/C10H17N3OS/c1-7-11-10(14-13-7)12-8-5-3-4-6-9(8)15-2/h8-9H,3-6H2,1-2H3,(H,11,12,13). The minimum Gasteiger partial charge on any atom is -0.334 e. The summed E-state index contributed by atoms with van der Waals surface area (Å²) in [5, 5.41) is 7.79.